The number of rotatable bonds is 7. The minimum Gasteiger partial charge on any atom is -0.444 e. The summed E-state index contributed by atoms with van der Waals surface area (Å²) in [4.78, 5) is 14.5. The first-order valence-electron chi connectivity index (χ1n) is 7.61. The molecule has 0 spiro atoms. The molecule has 2 N–H and O–H groups in total. The van der Waals surface area contributed by atoms with Crippen LogP contribution in [0.15, 0.2) is 12.1 Å². The summed E-state index contributed by atoms with van der Waals surface area (Å²) >= 11 is 1.84. The minimum absolute atomic E-state index is 0.0884. The number of thiophene rings is 1. The minimum atomic E-state index is -0.455. The number of alkyl carbamates (subject to hydrolysis) is 1. The first-order valence-corrected chi connectivity index (χ1v) is 8.43. The highest BCUT2D eigenvalue weighted by atomic mass is 32.1. The molecule has 1 aromatic heterocycles. The molecule has 0 fully saturated rings. The summed E-state index contributed by atoms with van der Waals surface area (Å²) in [5.41, 5.74) is -0.455. The fraction of sp³-hybridized carbons (Fsp3) is 0.688. The van der Waals surface area contributed by atoms with Crippen molar-refractivity contribution in [2.75, 3.05) is 6.54 Å². The van der Waals surface area contributed by atoms with Gasteiger partial charge in [-0.1, -0.05) is 13.8 Å². The van der Waals surface area contributed by atoms with Gasteiger partial charge in [-0.05, 0) is 45.7 Å². The molecule has 5 heteroatoms. The van der Waals surface area contributed by atoms with Crippen LogP contribution in [0.4, 0.5) is 4.79 Å². The van der Waals surface area contributed by atoms with Gasteiger partial charge in [0.15, 0.2) is 0 Å². The predicted octanol–water partition coefficient (Wildman–Crippen LogP) is 3.70. The van der Waals surface area contributed by atoms with Crippen LogP contribution in [0, 0.1) is 0 Å². The Kier molecular flexibility index (Phi) is 7.18. The SMILES string of the molecule is CCc1ccc(CNCC(CC)NC(=O)OC(C)(C)C)s1. The Hall–Kier alpha value is -1.07. The van der Waals surface area contributed by atoms with E-state index < -0.39 is 5.60 Å². The molecule has 0 aromatic carbocycles. The molecule has 1 aromatic rings. The first-order chi connectivity index (χ1) is 9.84. The highest BCUT2D eigenvalue weighted by Crippen LogP contribution is 2.16. The summed E-state index contributed by atoms with van der Waals surface area (Å²) in [5, 5.41) is 6.30. The maximum atomic E-state index is 11.7. The van der Waals surface area contributed by atoms with E-state index in [0.29, 0.717) is 0 Å². The van der Waals surface area contributed by atoms with E-state index >= 15 is 0 Å². The average Bonchev–Trinajstić information content (AvgIpc) is 2.83. The van der Waals surface area contributed by atoms with Crippen LogP contribution in [0.2, 0.25) is 0 Å². The Morgan fingerprint density at radius 1 is 1.29 bits per heavy atom. The highest BCUT2D eigenvalue weighted by molar-refractivity contribution is 7.11. The van der Waals surface area contributed by atoms with Crippen molar-refractivity contribution in [2.45, 2.75) is 65.6 Å². The van der Waals surface area contributed by atoms with Gasteiger partial charge >= 0.3 is 6.09 Å². The van der Waals surface area contributed by atoms with Crippen molar-refractivity contribution in [3.8, 4) is 0 Å². The van der Waals surface area contributed by atoms with Crippen LogP contribution < -0.4 is 10.6 Å². The smallest absolute Gasteiger partial charge is 0.407 e. The lowest BCUT2D eigenvalue weighted by Gasteiger charge is -2.23. The fourth-order valence-corrected chi connectivity index (χ4v) is 2.78. The van der Waals surface area contributed by atoms with Crippen LogP contribution >= 0.6 is 11.3 Å². The van der Waals surface area contributed by atoms with Crippen LogP contribution in [0.3, 0.4) is 0 Å². The van der Waals surface area contributed by atoms with Gasteiger partial charge in [-0.15, -0.1) is 11.3 Å². The maximum Gasteiger partial charge on any atom is 0.407 e. The zero-order chi connectivity index (χ0) is 15.9. The van der Waals surface area contributed by atoms with Gasteiger partial charge in [0, 0.05) is 28.9 Å². The van der Waals surface area contributed by atoms with Crippen LogP contribution in [-0.2, 0) is 17.7 Å². The summed E-state index contributed by atoms with van der Waals surface area (Å²) in [5.74, 6) is 0. The van der Waals surface area contributed by atoms with Crippen molar-refractivity contribution in [1.82, 2.24) is 10.6 Å². The van der Waals surface area contributed by atoms with Gasteiger partial charge in [0.2, 0.25) is 0 Å². The Bertz CT molecular complexity index is 438. The fourth-order valence-electron chi connectivity index (χ4n) is 1.85. The Balaban J connectivity index is 2.32. The molecule has 1 atom stereocenters. The molecule has 0 aliphatic carbocycles. The summed E-state index contributed by atoms with van der Waals surface area (Å²) in [6.45, 7) is 11.4. The molecule has 0 bridgehead atoms. The van der Waals surface area contributed by atoms with E-state index in [1.165, 1.54) is 9.75 Å². The second kappa shape index (κ2) is 8.39. The number of hydrogen-bond donors (Lipinski definition) is 2. The van der Waals surface area contributed by atoms with Gasteiger partial charge in [0.1, 0.15) is 5.60 Å². The quantitative estimate of drug-likeness (QED) is 0.807. The molecule has 0 saturated carbocycles. The summed E-state index contributed by atoms with van der Waals surface area (Å²) in [6.07, 6.45) is 1.61. The van der Waals surface area contributed by atoms with Crippen LogP contribution in [0.25, 0.3) is 0 Å². The van der Waals surface area contributed by atoms with Gasteiger partial charge in [0.05, 0.1) is 0 Å². The van der Waals surface area contributed by atoms with Gasteiger partial charge in [-0.25, -0.2) is 4.79 Å². The summed E-state index contributed by atoms with van der Waals surface area (Å²) in [6, 6.07) is 4.43. The van der Waals surface area contributed by atoms with Gasteiger partial charge < -0.3 is 15.4 Å². The predicted molar refractivity (Wildman–Crippen MR) is 88.9 cm³/mol. The van der Waals surface area contributed by atoms with E-state index in [9.17, 15) is 4.79 Å². The molecule has 120 valence electrons. The number of aryl methyl sites for hydroxylation is 1. The third-order valence-corrected chi connectivity index (χ3v) is 4.20. The van der Waals surface area contributed by atoms with E-state index in [0.717, 1.165) is 25.9 Å². The normalized spacial score (nSPS) is 13.0. The standard InChI is InChI=1S/C16H28N2O2S/c1-6-12(18-15(19)20-16(3,4)5)10-17-11-14-9-8-13(7-2)21-14/h8-9,12,17H,6-7,10-11H2,1-5H3,(H,18,19). The Morgan fingerprint density at radius 2 is 1.95 bits per heavy atom. The van der Waals surface area contributed by atoms with Crippen LogP contribution in [-0.4, -0.2) is 24.3 Å². The third-order valence-electron chi connectivity index (χ3n) is 2.97. The largest absolute Gasteiger partial charge is 0.444 e. The van der Waals surface area contributed by atoms with E-state index in [1.807, 2.05) is 32.1 Å². The average molecular weight is 312 g/mol. The van der Waals surface area contributed by atoms with Gasteiger partial charge in [-0.2, -0.15) is 0 Å². The number of hydrogen-bond acceptors (Lipinski definition) is 4. The Labute approximate surface area is 132 Å². The number of nitrogens with one attached hydrogen (secondary N) is 2. The number of amides is 1. The first kappa shape index (κ1) is 18.0. The highest BCUT2D eigenvalue weighted by Gasteiger charge is 2.18. The number of carbonyl (C=O) groups is 1. The molecule has 1 unspecified atom stereocenters. The zero-order valence-corrected chi connectivity index (χ0v) is 14.6. The van der Waals surface area contributed by atoms with Crippen LogP contribution in [0.5, 0.6) is 0 Å². The molecular weight excluding hydrogens is 284 g/mol. The molecule has 0 aliphatic heterocycles. The van der Waals surface area contributed by atoms with E-state index in [-0.39, 0.29) is 12.1 Å². The molecule has 4 nitrogen and oxygen atoms in total. The molecule has 1 rings (SSSR count). The van der Waals surface area contributed by atoms with Gasteiger partial charge in [0.25, 0.3) is 0 Å². The van der Waals surface area contributed by atoms with Crippen molar-refractivity contribution in [3.63, 3.8) is 0 Å². The molecule has 21 heavy (non-hydrogen) atoms. The lowest BCUT2D eigenvalue weighted by Crippen LogP contribution is -2.43. The summed E-state index contributed by atoms with van der Waals surface area (Å²) < 4.78 is 5.28. The van der Waals surface area contributed by atoms with Crippen molar-refractivity contribution >= 4 is 17.4 Å². The Morgan fingerprint density at radius 3 is 2.48 bits per heavy atom. The molecule has 0 saturated heterocycles. The zero-order valence-electron chi connectivity index (χ0n) is 13.8. The topological polar surface area (TPSA) is 50.4 Å². The molecule has 0 radical (unpaired) electrons. The van der Waals surface area contributed by atoms with E-state index in [4.69, 9.17) is 4.74 Å². The van der Waals surface area contributed by atoms with Crippen molar-refractivity contribution in [3.05, 3.63) is 21.9 Å². The van der Waals surface area contributed by atoms with Crippen LogP contribution in [0.1, 0.15) is 50.8 Å². The van der Waals surface area contributed by atoms with Crippen molar-refractivity contribution in [1.29, 1.82) is 0 Å². The second-order valence-electron chi connectivity index (χ2n) is 6.10. The molecule has 1 amide bonds. The number of ether oxygens (including phenoxy) is 1. The van der Waals surface area contributed by atoms with E-state index in [1.54, 1.807) is 0 Å². The lowest BCUT2D eigenvalue weighted by molar-refractivity contribution is 0.0502. The molecule has 0 aliphatic rings. The number of carbonyl (C=O) groups excluding carboxylic acids is 1. The molecule has 1 heterocycles. The third kappa shape index (κ3) is 7.48. The van der Waals surface area contributed by atoms with Crippen molar-refractivity contribution in [2.24, 2.45) is 0 Å². The van der Waals surface area contributed by atoms with Crippen molar-refractivity contribution < 1.29 is 9.53 Å². The second-order valence-corrected chi connectivity index (χ2v) is 7.36. The summed E-state index contributed by atoms with van der Waals surface area (Å²) in [7, 11) is 0. The van der Waals surface area contributed by atoms with Gasteiger partial charge in [-0.3, -0.25) is 0 Å². The maximum absolute atomic E-state index is 11.7. The lowest BCUT2D eigenvalue weighted by atomic mass is 10.2. The molecular formula is C16H28N2O2S. The van der Waals surface area contributed by atoms with E-state index in [2.05, 4.69) is 36.6 Å². The monoisotopic (exact) mass is 312 g/mol.